The topological polar surface area (TPSA) is 60.0 Å². The molecule has 0 spiro atoms. The first kappa shape index (κ1) is 16.1. The number of nitrogens with zero attached hydrogens (tertiary/aromatic N) is 1. The SMILES string of the molecule is CCCn1c2c(c3cccc(C(=O)NCCN)c31)CCCC2C. The predicted octanol–water partition coefficient (Wildman–Crippen LogP) is 3.18. The average molecular weight is 313 g/mol. The Morgan fingerprint density at radius 3 is 3.00 bits per heavy atom. The summed E-state index contributed by atoms with van der Waals surface area (Å²) >= 11 is 0. The van der Waals surface area contributed by atoms with Gasteiger partial charge in [-0.3, -0.25) is 4.79 Å². The third-order valence-electron chi connectivity index (χ3n) is 4.88. The molecule has 0 saturated carbocycles. The lowest BCUT2D eigenvalue weighted by atomic mass is 9.88. The van der Waals surface area contributed by atoms with Gasteiger partial charge in [0.2, 0.25) is 0 Å². The lowest BCUT2D eigenvalue weighted by molar-refractivity contribution is 0.0956. The number of nitrogens with one attached hydrogen (secondary N) is 1. The van der Waals surface area contributed by atoms with Crippen LogP contribution in [0, 0.1) is 0 Å². The Hall–Kier alpha value is -1.81. The van der Waals surface area contributed by atoms with Gasteiger partial charge >= 0.3 is 0 Å². The number of amides is 1. The minimum atomic E-state index is -0.0131. The molecule has 1 atom stereocenters. The van der Waals surface area contributed by atoms with E-state index in [4.69, 9.17) is 5.73 Å². The van der Waals surface area contributed by atoms with E-state index in [2.05, 4.69) is 29.8 Å². The zero-order valence-electron chi connectivity index (χ0n) is 14.2. The Labute approximate surface area is 138 Å². The first-order valence-corrected chi connectivity index (χ1v) is 8.81. The Morgan fingerprint density at radius 2 is 2.26 bits per heavy atom. The smallest absolute Gasteiger partial charge is 0.253 e. The summed E-state index contributed by atoms with van der Waals surface area (Å²) in [5, 5.41) is 4.19. The molecule has 0 saturated heterocycles. The van der Waals surface area contributed by atoms with Crippen LogP contribution in [0.3, 0.4) is 0 Å². The molecule has 3 rings (SSSR count). The van der Waals surface area contributed by atoms with Gasteiger partial charge in [-0.25, -0.2) is 0 Å². The van der Waals surface area contributed by atoms with Gasteiger partial charge in [0, 0.05) is 30.7 Å². The highest BCUT2D eigenvalue weighted by Gasteiger charge is 2.26. The van der Waals surface area contributed by atoms with Crippen molar-refractivity contribution in [1.82, 2.24) is 9.88 Å². The second-order valence-corrected chi connectivity index (χ2v) is 6.56. The summed E-state index contributed by atoms with van der Waals surface area (Å²) < 4.78 is 2.41. The first-order chi connectivity index (χ1) is 11.2. The maximum Gasteiger partial charge on any atom is 0.253 e. The lowest BCUT2D eigenvalue weighted by Crippen LogP contribution is -2.29. The first-order valence-electron chi connectivity index (χ1n) is 8.81. The van der Waals surface area contributed by atoms with Crippen molar-refractivity contribution in [2.75, 3.05) is 13.1 Å². The van der Waals surface area contributed by atoms with Crippen LogP contribution in [-0.4, -0.2) is 23.6 Å². The van der Waals surface area contributed by atoms with Gasteiger partial charge in [0.25, 0.3) is 5.91 Å². The van der Waals surface area contributed by atoms with Crippen molar-refractivity contribution >= 4 is 16.8 Å². The second-order valence-electron chi connectivity index (χ2n) is 6.56. The molecule has 0 radical (unpaired) electrons. The summed E-state index contributed by atoms with van der Waals surface area (Å²) in [7, 11) is 0. The van der Waals surface area contributed by atoms with Crippen LogP contribution < -0.4 is 11.1 Å². The minimum Gasteiger partial charge on any atom is -0.351 e. The summed E-state index contributed by atoms with van der Waals surface area (Å²) in [5.41, 5.74) is 10.3. The average Bonchev–Trinajstić information content (AvgIpc) is 2.89. The monoisotopic (exact) mass is 313 g/mol. The molecule has 0 fully saturated rings. The number of aromatic nitrogens is 1. The number of hydrogen-bond donors (Lipinski definition) is 2. The van der Waals surface area contributed by atoms with E-state index in [1.807, 2.05) is 12.1 Å². The van der Waals surface area contributed by atoms with Crippen molar-refractivity contribution in [3.05, 3.63) is 35.0 Å². The predicted molar refractivity (Wildman–Crippen MR) is 95.0 cm³/mol. The van der Waals surface area contributed by atoms with Crippen LogP contribution >= 0.6 is 0 Å². The van der Waals surface area contributed by atoms with Crippen LogP contribution in [0.5, 0.6) is 0 Å². The maximum atomic E-state index is 12.6. The molecule has 0 bridgehead atoms. The zero-order valence-corrected chi connectivity index (χ0v) is 14.2. The summed E-state index contributed by atoms with van der Waals surface area (Å²) in [4.78, 5) is 12.6. The van der Waals surface area contributed by atoms with Crippen molar-refractivity contribution in [2.24, 2.45) is 5.73 Å². The molecular formula is C19H27N3O. The number of fused-ring (bicyclic) bond motifs is 3. The molecule has 23 heavy (non-hydrogen) atoms. The standard InChI is InChI=1S/C19H27N3O/c1-3-12-22-17-13(2)6-4-7-14(17)15-8-5-9-16(18(15)22)19(23)21-11-10-20/h5,8-9,13H,3-4,6-7,10-12,20H2,1-2H3,(H,21,23). The third-order valence-corrected chi connectivity index (χ3v) is 4.88. The van der Waals surface area contributed by atoms with Gasteiger partial charge in [0.1, 0.15) is 0 Å². The van der Waals surface area contributed by atoms with Crippen LogP contribution in [0.1, 0.15) is 60.6 Å². The molecule has 4 nitrogen and oxygen atoms in total. The van der Waals surface area contributed by atoms with E-state index in [9.17, 15) is 4.79 Å². The number of carbonyl (C=O) groups excluding carboxylic acids is 1. The van der Waals surface area contributed by atoms with Gasteiger partial charge in [0.05, 0.1) is 11.1 Å². The van der Waals surface area contributed by atoms with Gasteiger partial charge in [-0.05, 0) is 43.2 Å². The number of nitrogens with two attached hydrogens (primary N) is 1. The highest BCUT2D eigenvalue weighted by atomic mass is 16.1. The molecule has 3 N–H and O–H groups in total. The number of benzene rings is 1. The second kappa shape index (κ2) is 6.75. The van der Waals surface area contributed by atoms with E-state index in [1.165, 1.54) is 29.5 Å². The largest absolute Gasteiger partial charge is 0.351 e. The van der Waals surface area contributed by atoms with E-state index in [-0.39, 0.29) is 5.91 Å². The van der Waals surface area contributed by atoms with E-state index in [0.717, 1.165) is 30.5 Å². The number of carbonyl (C=O) groups is 1. The van der Waals surface area contributed by atoms with Gasteiger partial charge in [-0.1, -0.05) is 26.0 Å². The van der Waals surface area contributed by atoms with Crippen molar-refractivity contribution in [3.63, 3.8) is 0 Å². The van der Waals surface area contributed by atoms with E-state index in [1.54, 1.807) is 0 Å². The van der Waals surface area contributed by atoms with Gasteiger partial charge in [-0.2, -0.15) is 0 Å². The Morgan fingerprint density at radius 1 is 1.43 bits per heavy atom. The van der Waals surface area contributed by atoms with Crippen molar-refractivity contribution in [2.45, 2.75) is 52.0 Å². The van der Waals surface area contributed by atoms with Crippen LogP contribution in [0.25, 0.3) is 10.9 Å². The molecule has 1 aromatic carbocycles. The molecule has 4 heteroatoms. The minimum absolute atomic E-state index is 0.0131. The van der Waals surface area contributed by atoms with E-state index >= 15 is 0 Å². The number of aryl methyl sites for hydroxylation is 2. The molecule has 0 aliphatic heterocycles. The Kier molecular flexibility index (Phi) is 4.71. The quantitative estimate of drug-likeness (QED) is 0.890. The van der Waals surface area contributed by atoms with Gasteiger partial charge in [-0.15, -0.1) is 0 Å². The fourth-order valence-corrected chi connectivity index (χ4v) is 3.97. The highest BCUT2D eigenvalue weighted by molar-refractivity contribution is 6.07. The fourth-order valence-electron chi connectivity index (χ4n) is 3.97. The van der Waals surface area contributed by atoms with E-state index < -0.39 is 0 Å². The lowest BCUT2D eigenvalue weighted by Gasteiger charge is -2.22. The Balaban J connectivity index is 2.21. The summed E-state index contributed by atoms with van der Waals surface area (Å²) in [6.45, 7) is 6.46. The molecule has 1 unspecified atom stereocenters. The van der Waals surface area contributed by atoms with Gasteiger partial charge < -0.3 is 15.6 Å². The molecule has 1 aliphatic rings. The number of hydrogen-bond acceptors (Lipinski definition) is 2. The van der Waals surface area contributed by atoms with E-state index in [0.29, 0.717) is 19.0 Å². The van der Waals surface area contributed by atoms with Gasteiger partial charge in [0.15, 0.2) is 0 Å². The zero-order chi connectivity index (χ0) is 16.4. The van der Waals surface area contributed by atoms with Crippen LogP contribution in [0.2, 0.25) is 0 Å². The summed E-state index contributed by atoms with van der Waals surface area (Å²) in [6, 6.07) is 6.13. The highest BCUT2D eigenvalue weighted by Crippen LogP contribution is 2.39. The third kappa shape index (κ3) is 2.76. The van der Waals surface area contributed by atoms with Crippen molar-refractivity contribution in [3.8, 4) is 0 Å². The molecular weight excluding hydrogens is 286 g/mol. The fraction of sp³-hybridized carbons (Fsp3) is 0.526. The molecule has 1 amide bonds. The molecule has 2 aromatic rings. The Bertz CT molecular complexity index is 717. The number of para-hydroxylation sites is 1. The molecule has 1 heterocycles. The summed E-state index contributed by atoms with van der Waals surface area (Å²) in [5.74, 6) is 0.554. The molecule has 1 aliphatic carbocycles. The van der Waals surface area contributed by atoms with Crippen LogP contribution in [0.15, 0.2) is 18.2 Å². The number of rotatable bonds is 5. The van der Waals surface area contributed by atoms with Crippen molar-refractivity contribution < 1.29 is 4.79 Å². The summed E-state index contributed by atoms with van der Waals surface area (Å²) in [6.07, 6.45) is 4.67. The van der Waals surface area contributed by atoms with Crippen LogP contribution in [-0.2, 0) is 13.0 Å². The van der Waals surface area contributed by atoms with Crippen molar-refractivity contribution in [1.29, 1.82) is 0 Å². The molecule has 1 aromatic heterocycles. The molecule has 124 valence electrons. The normalized spacial score (nSPS) is 17.3. The maximum absolute atomic E-state index is 12.6. The van der Waals surface area contributed by atoms with Crippen LogP contribution in [0.4, 0.5) is 0 Å².